The molecule has 0 saturated carbocycles. The third kappa shape index (κ3) is 32.3. The largest absolute Gasteiger partial charge is 2.00 e. The molecular formula is C68H110BaO6S2. The van der Waals surface area contributed by atoms with Crippen molar-refractivity contribution in [1.82, 2.24) is 0 Å². The fraction of sp³-hybridized carbons (Fsp3) is 0.706. The van der Waals surface area contributed by atoms with Gasteiger partial charge in [-0.3, -0.25) is 0 Å². The topological polar surface area (TPSA) is 114 Å². The van der Waals surface area contributed by atoms with Gasteiger partial charge in [0, 0.05) is 0 Å². The van der Waals surface area contributed by atoms with Crippen LogP contribution < -0.4 is 0 Å². The summed E-state index contributed by atoms with van der Waals surface area (Å²) in [7, 11) is -8.98. The van der Waals surface area contributed by atoms with Gasteiger partial charge in [0.25, 0.3) is 0 Å². The van der Waals surface area contributed by atoms with Crippen molar-refractivity contribution in [3.05, 3.63) is 82.9 Å². The van der Waals surface area contributed by atoms with E-state index in [0.29, 0.717) is 10.8 Å². The standard InChI is InChI=1S/2C34H56O3S.Ba/c2*1-3-5-7-9-11-13-15-17-19-21-23-30-25-27-32-33(29-30)31(26-28-34(32)38(35,36)37)24-22-20-18-16-14-12-10-8-6-4-2;/h2*25-29H,3-24H2,1-2H3,(H,35,36,37);/q;;+2/p-2. The maximum atomic E-state index is 11.9. The molecule has 0 unspecified atom stereocenters. The Morgan fingerprint density at radius 2 is 0.494 bits per heavy atom. The van der Waals surface area contributed by atoms with Crippen LogP contribution in [0, 0.1) is 0 Å². The average Bonchev–Trinajstić information content (AvgIpc) is 3.40. The summed E-state index contributed by atoms with van der Waals surface area (Å²) in [5.41, 5.74) is 4.86. The summed E-state index contributed by atoms with van der Waals surface area (Å²) in [5.74, 6) is 0. The van der Waals surface area contributed by atoms with Gasteiger partial charge in [-0.2, -0.15) is 0 Å². The van der Waals surface area contributed by atoms with Crippen LogP contribution in [0.1, 0.15) is 307 Å². The van der Waals surface area contributed by atoms with Gasteiger partial charge in [0.15, 0.2) is 0 Å². The zero-order valence-electron chi connectivity index (χ0n) is 49.9. The first kappa shape index (κ1) is 71.9. The molecule has 0 atom stereocenters. The van der Waals surface area contributed by atoms with E-state index in [4.69, 9.17) is 0 Å². The van der Waals surface area contributed by atoms with Gasteiger partial charge in [-0.15, -0.1) is 0 Å². The minimum atomic E-state index is -4.49. The minimum Gasteiger partial charge on any atom is -0.744 e. The first-order valence-electron chi connectivity index (χ1n) is 31.9. The molecule has 4 aromatic carbocycles. The molecule has 77 heavy (non-hydrogen) atoms. The summed E-state index contributed by atoms with van der Waals surface area (Å²) in [6, 6.07) is 18.9. The Balaban J connectivity index is 0.000000520. The van der Waals surface area contributed by atoms with Crippen molar-refractivity contribution in [1.29, 1.82) is 0 Å². The van der Waals surface area contributed by atoms with Crippen LogP contribution in [0.5, 0.6) is 0 Å². The van der Waals surface area contributed by atoms with Crippen molar-refractivity contribution in [3.63, 3.8) is 0 Å². The SMILES string of the molecule is CCCCCCCCCCCCc1ccc2c(S(=O)(=O)[O-])ccc(CCCCCCCCCCCC)c2c1.CCCCCCCCCCCCc1ccc2c(S(=O)(=O)[O-])ccc(CCCCCCCCCCCC)c2c1.[Ba+2]. The molecule has 0 aromatic heterocycles. The Bertz CT molecular complexity index is 2160. The molecule has 0 heterocycles. The van der Waals surface area contributed by atoms with Gasteiger partial charge in [-0.1, -0.05) is 307 Å². The second-order valence-corrected chi connectivity index (χ2v) is 25.5. The molecule has 0 radical (unpaired) electrons. The maximum absolute atomic E-state index is 11.9. The molecule has 0 N–H and O–H groups in total. The number of hydrogen-bond donors (Lipinski definition) is 0. The molecule has 0 aliphatic rings. The number of unbranched alkanes of at least 4 members (excludes halogenated alkanes) is 36. The number of benzene rings is 4. The number of hydrogen-bond acceptors (Lipinski definition) is 6. The molecule has 432 valence electrons. The van der Waals surface area contributed by atoms with E-state index in [1.165, 1.54) is 266 Å². The Morgan fingerprint density at radius 1 is 0.273 bits per heavy atom. The third-order valence-corrected chi connectivity index (χ3v) is 17.8. The molecule has 4 rings (SSSR count). The zero-order valence-corrected chi connectivity index (χ0v) is 55.9. The second-order valence-electron chi connectivity index (χ2n) is 22.8. The summed E-state index contributed by atoms with van der Waals surface area (Å²) in [6.45, 7) is 9.05. The van der Waals surface area contributed by atoms with E-state index in [1.54, 1.807) is 0 Å². The van der Waals surface area contributed by atoms with Crippen LogP contribution in [-0.2, 0) is 45.9 Å². The summed E-state index contributed by atoms with van der Waals surface area (Å²) >= 11 is 0. The van der Waals surface area contributed by atoms with E-state index < -0.39 is 20.2 Å². The van der Waals surface area contributed by atoms with Crippen molar-refractivity contribution in [2.45, 2.75) is 320 Å². The first-order chi connectivity index (χ1) is 36.9. The number of aryl methyl sites for hydroxylation is 4. The third-order valence-electron chi connectivity index (χ3n) is 16.0. The summed E-state index contributed by atoms with van der Waals surface area (Å²) in [6.07, 6.45) is 56.3. The number of fused-ring (bicyclic) bond motifs is 2. The van der Waals surface area contributed by atoms with Gasteiger partial charge in [0.05, 0.1) is 9.79 Å². The Kier molecular flexibility index (Phi) is 42.3. The van der Waals surface area contributed by atoms with Crippen molar-refractivity contribution >= 4 is 90.7 Å². The molecule has 0 aliphatic heterocycles. The van der Waals surface area contributed by atoms with Crippen molar-refractivity contribution < 1.29 is 25.9 Å². The fourth-order valence-corrected chi connectivity index (χ4v) is 12.6. The van der Waals surface area contributed by atoms with E-state index >= 15 is 0 Å². The van der Waals surface area contributed by atoms with Gasteiger partial charge in [-0.25, -0.2) is 16.8 Å². The summed E-state index contributed by atoms with van der Waals surface area (Å²) in [4.78, 5) is -0.158. The Morgan fingerprint density at radius 3 is 0.727 bits per heavy atom. The fourth-order valence-electron chi connectivity index (χ4n) is 11.3. The molecule has 0 bridgehead atoms. The van der Waals surface area contributed by atoms with Crippen molar-refractivity contribution in [2.75, 3.05) is 0 Å². The molecule has 0 fully saturated rings. The normalized spacial score (nSPS) is 11.8. The van der Waals surface area contributed by atoms with Crippen LogP contribution >= 0.6 is 0 Å². The summed E-state index contributed by atoms with van der Waals surface area (Å²) in [5, 5.41) is 3.11. The van der Waals surface area contributed by atoms with Gasteiger partial charge in [0.2, 0.25) is 0 Å². The predicted octanol–water partition coefficient (Wildman–Crippen LogP) is 21.0. The van der Waals surface area contributed by atoms with Crippen molar-refractivity contribution in [3.8, 4) is 0 Å². The van der Waals surface area contributed by atoms with Crippen molar-refractivity contribution in [2.24, 2.45) is 0 Å². The molecule has 0 aliphatic carbocycles. The molecule has 4 aromatic rings. The van der Waals surface area contributed by atoms with Gasteiger partial charge >= 0.3 is 48.9 Å². The quantitative estimate of drug-likeness (QED) is 0.0247. The van der Waals surface area contributed by atoms with Crippen LogP contribution in [0.3, 0.4) is 0 Å². The van der Waals surface area contributed by atoms with E-state index in [0.717, 1.165) is 62.1 Å². The number of rotatable bonds is 46. The van der Waals surface area contributed by atoms with E-state index in [-0.39, 0.29) is 58.7 Å². The molecule has 6 nitrogen and oxygen atoms in total. The van der Waals surface area contributed by atoms with E-state index in [2.05, 4.69) is 39.8 Å². The van der Waals surface area contributed by atoms with Crippen LogP contribution in [0.25, 0.3) is 21.5 Å². The Hall–Kier alpha value is -1.21. The predicted molar refractivity (Wildman–Crippen MR) is 332 cm³/mol. The van der Waals surface area contributed by atoms with Gasteiger partial charge in [0.1, 0.15) is 20.2 Å². The molecule has 0 spiro atoms. The molecule has 9 heteroatoms. The van der Waals surface area contributed by atoms with Crippen LogP contribution in [0.15, 0.2) is 70.5 Å². The first-order valence-corrected chi connectivity index (χ1v) is 34.8. The van der Waals surface area contributed by atoms with Gasteiger partial charge in [-0.05, 0) is 107 Å². The zero-order chi connectivity index (χ0) is 55.0. The van der Waals surface area contributed by atoms with Crippen LogP contribution in [-0.4, -0.2) is 74.8 Å². The molecule has 0 amide bonds. The van der Waals surface area contributed by atoms with Crippen LogP contribution in [0.2, 0.25) is 0 Å². The maximum Gasteiger partial charge on any atom is 2.00 e. The van der Waals surface area contributed by atoms with E-state index in [9.17, 15) is 25.9 Å². The summed E-state index contributed by atoms with van der Waals surface area (Å²) < 4.78 is 71.4. The molecule has 0 saturated heterocycles. The Labute approximate surface area is 514 Å². The monoisotopic (exact) mass is 1220 g/mol. The molecular weight excluding hydrogens is 1110 g/mol. The average molecular weight is 1230 g/mol. The smallest absolute Gasteiger partial charge is 0.744 e. The second kappa shape index (κ2) is 45.3. The van der Waals surface area contributed by atoms with Crippen LogP contribution in [0.4, 0.5) is 0 Å². The van der Waals surface area contributed by atoms with E-state index in [1.807, 2.05) is 36.4 Å². The van der Waals surface area contributed by atoms with Gasteiger partial charge < -0.3 is 9.11 Å². The minimum absolute atomic E-state index is 0.